The summed E-state index contributed by atoms with van der Waals surface area (Å²) in [5.41, 5.74) is 1.16. The van der Waals surface area contributed by atoms with E-state index in [1.54, 1.807) is 18.2 Å². The minimum atomic E-state index is -0.316. The molecule has 0 spiro atoms. The van der Waals surface area contributed by atoms with Crippen molar-refractivity contribution in [3.05, 3.63) is 40.4 Å². The van der Waals surface area contributed by atoms with Gasteiger partial charge in [0.15, 0.2) is 0 Å². The maximum Gasteiger partial charge on any atom is 0.309 e. The van der Waals surface area contributed by atoms with E-state index in [0.29, 0.717) is 10.9 Å². The Balaban J connectivity index is 2.45. The highest BCUT2D eigenvalue weighted by Gasteiger charge is 2.05. The standard InChI is InChI=1S/C11H10N2O3/c1-16-10(14)5-7-2-3-8-9(4-7)12-6-13-11(8)15/h2-4,6H,5H2,1H3,(H,12,13,15). The zero-order valence-electron chi connectivity index (χ0n) is 8.69. The number of aromatic nitrogens is 2. The first-order chi connectivity index (χ1) is 7.70. The number of hydrogen-bond donors (Lipinski definition) is 1. The van der Waals surface area contributed by atoms with Crippen LogP contribution in [0.3, 0.4) is 0 Å². The smallest absolute Gasteiger partial charge is 0.309 e. The zero-order chi connectivity index (χ0) is 11.5. The highest BCUT2D eigenvalue weighted by atomic mass is 16.5. The van der Waals surface area contributed by atoms with Crippen molar-refractivity contribution in [2.75, 3.05) is 7.11 Å². The fourth-order valence-electron chi connectivity index (χ4n) is 1.46. The molecule has 0 aliphatic carbocycles. The van der Waals surface area contributed by atoms with Gasteiger partial charge in [-0.15, -0.1) is 0 Å². The Morgan fingerprint density at radius 2 is 2.31 bits per heavy atom. The van der Waals surface area contributed by atoms with Crippen LogP contribution in [0.15, 0.2) is 29.3 Å². The Labute approximate surface area is 91.1 Å². The lowest BCUT2D eigenvalue weighted by atomic mass is 10.1. The first kappa shape index (κ1) is 10.4. The van der Waals surface area contributed by atoms with Gasteiger partial charge in [-0.3, -0.25) is 9.59 Å². The minimum Gasteiger partial charge on any atom is -0.469 e. The molecule has 16 heavy (non-hydrogen) atoms. The molecule has 5 heteroatoms. The number of nitrogens with one attached hydrogen (secondary N) is 1. The summed E-state index contributed by atoms with van der Waals surface area (Å²) in [6.45, 7) is 0. The van der Waals surface area contributed by atoms with Gasteiger partial charge >= 0.3 is 5.97 Å². The summed E-state index contributed by atoms with van der Waals surface area (Å²) >= 11 is 0. The summed E-state index contributed by atoms with van der Waals surface area (Å²) in [4.78, 5) is 29.0. The third-order valence-corrected chi connectivity index (χ3v) is 2.28. The number of esters is 1. The number of carbonyl (C=O) groups is 1. The van der Waals surface area contributed by atoms with Crippen LogP contribution in [0.2, 0.25) is 0 Å². The predicted octanol–water partition coefficient (Wildman–Crippen LogP) is 0.639. The third kappa shape index (κ3) is 1.93. The summed E-state index contributed by atoms with van der Waals surface area (Å²) in [5, 5.41) is 0.510. The van der Waals surface area contributed by atoms with Crippen molar-refractivity contribution in [3.8, 4) is 0 Å². The molecule has 0 bridgehead atoms. The SMILES string of the molecule is COC(=O)Cc1ccc2c(=O)[nH]cnc2c1. The third-order valence-electron chi connectivity index (χ3n) is 2.28. The second kappa shape index (κ2) is 4.14. The minimum absolute atomic E-state index is 0.181. The molecule has 0 atom stereocenters. The van der Waals surface area contributed by atoms with Gasteiger partial charge in [0.1, 0.15) is 0 Å². The number of methoxy groups -OCH3 is 1. The van der Waals surface area contributed by atoms with Crippen LogP contribution in [0.4, 0.5) is 0 Å². The summed E-state index contributed by atoms with van der Waals surface area (Å²) < 4.78 is 4.56. The van der Waals surface area contributed by atoms with Crippen LogP contribution in [0.1, 0.15) is 5.56 Å². The van der Waals surface area contributed by atoms with Gasteiger partial charge in [-0.25, -0.2) is 4.98 Å². The Hall–Kier alpha value is -2.17. The molecule has 1 aromatic carbocycles. The normalized spacial score (nSPS) is 10.3. The molecule has 0 aliphatic heterocycles. The number of H-pyrrole nitrogens is 1. The molecule has 2 aromatic rings. The van der Waals surface area contributed by atoms with E-state index in [-0.39, 0.29) is 17.9 Å². The number of ether oxygens (including phenoxy) is 1. The van der Waals surface area contributed by atoms with Gasteiger partial charge < -0.3 is 9.72 Å². The highest BCUT2D eigenvalue weighted by molar-refractivity contribution is 5.80. The van der Waals surface area contributed by atoms with E-state index in [4.69, 9.17) is 0 Å². The first-order valence-corrected chi connectivity index (χ1v) is 4.74. The van der Waals surface area contributed by atoms with Crippen molar-refractivity contribution >= 4 is 16.9 Å². The number of rotatable bonds is 2. The van der Waals surface area contributed by atoms with Gasteiger partial charge in [0, 0.05) is 0 Å². The Bertz CT molecular complexity index is 589. The van der Waals surface area contributed by atoms with Crippen molar-refractivity contribution in [2.24, 2.45) is 0 Å². The van der Waals surface area contributed by atoms with E-state index in [1.165, 1.54) is 13.4 Å². The number of nitrogens with zero attached hydrogens (tertiary/aromatic N) is 1. The monoisotopic (exact) mass is 218 g/mol. The molecule has 1 aromatic heterocycles. The number of hydrogen-bond acceptors (Lipinski definition) is 4. The molecule has 5 nitrogen and oxygen atoms in total. The van der Waals surface area contributed by atoms with E-state index < -0.39 is 0 Å². The van der Waals surface area contributed by atoms with Crippen molar-refractivity contribution in [1.29, 1.82) is 0 Å². The molecule has 0 fully saturated rings. The van der Waals surface area contributed by atoms with E-state index in [2.05, 4.69) is 14.7 Å². The Kier molecular flexibility index (Phi) is 2.68. The summed E-state index contributed by atoms with van der Waals surface area (Å²) in [7, 11) is 1.34. The lowest BCUT2D eigenvalue weighted by Gasteiger charge is -2.01. The molecule has 0 radical (unpaired) electrons. The van der Waals surface area contributed by atoms with Crippen LogP contribution < -0.4 is 5.56 Å². The van der Waals surface area contributed by atoms with Crippen molar-refractivity contribution in [2.45, 2.75) is 6.42 Å². The second-order valence-electron chi connectivity index (χ2n) is 3.34. The van der Waals surface area contributed by atoms with E-state index >= 15 is 0 Å². The number of benzene rings is 1. The van der Waals surface area contributed by atoms with E-state index in [9.17, 15) is 9.59 Å². The zero-order valence-corrected chi connectivity index (χ0v) is 8.69. The van der Waals surface area contributed by atoms with Gasteiger partial charge in [0.05, 0.1) is 30.8 Å². The maximum absolute atomic E-state index is 11.4. The van der Waals surface area contributed by atoms with Gasteiger partial charge in [-0.1, -0.05) is 6.07 Å². The molecule has 0 amide bonds. The van der Waals surface area contributed by atoms with Crippen molar-refractivity contribution in [1.82, 2.24) is 9.97 Å². The lowest BCUT2D eigenvalue weighted by Crippen LogP contribution is -2.08. The van der Waals surface area contributed by atoms with Crippen molar-refractivity contribution < 1.29 is 9.53 Å². The molecular formula is C11H10N2O3. The molecule has 0 aliphatic rings. The quantitative estimate of drug-likeness (QED) is 0.751. The molecule has 2 rings (SSSR count). The first-order valence-electron chi connectivity index (χ1n) is 4.74. The molecule has 82 valence electrons. The largest absolute Gasteiger partial charge is 0.469 e. The Morgan fingerprint density at radius 1 is 1.50 bits per heavy atom. The number of fused-ring (bicyclic) bond motifs is 1. The van der Waals surface area contributed by atoms with Gasteiger partial charge in [0.25, 0.3) is 5.56 Å². The number of carbonyl (C=O) groups excluding carboxylic acids is 1. The van der Waals surface area contributed by atoms with Crippen LogP contribution in [-0.4, -0.2) is 23.0 Å². The van der Waals surface area contributed by atoms with Crippen molar-refractivity contribution in [3.63, 3.8) is 0 Å². The molecule has 1 N–H and O–H groups in total. The lowest BCUT2D eigenvalue weighted by molar-refractivity contribution is -0.139. The summed E-state index contributed by atoms with van der Waals surface area (Å²) in [6, 6.07) is 5.08. The second-order valence-corrected chi connectivity index (χ2v) is 3.34. The summed E-state index contributed by atoms with van der Waals surface area (Å²) in [5.74, 6) is -0.316. The fraction of sp³-hybridized carbons (Fsp3) is 0.182. The van der Waals surface area contributed by atoms with Crippen LogP contribution in [-0.2, 0) is 16.0 Å². The molecule has 0 saturated carbocycles. The topological polar surface area (TPSA) is 72.1 Å². The van der Waals surface area contributed by atoms with Crippen LogP contribution in [0.25, 0.3) is 10.9 Å². The predicted molar refractivity (Wildman–Crippen MR) is 58.1 cm³/mol. The van der Waals surface area contributed by atoms with Gasteiger partial charge in [-0.2, -0.15) is 0 Å². The summed E-state index contributed by atoms with van der Waals surface area (Å²) in [6.07, 6.45) is 1.52. The average Bonchev–Trinajstić information content (AvgIpc) is 2.29. The highest BCUT2D eigenvalue weighted by Crippen LogP contribution is 2.10. The molecule has 0 unspecified atom stereocenters. The van der Waals surface area contributed by atoms with Crippen LogP contribution >= 0.6 is 0 Å². The average molecular weight is 218 g/mol. The van der Waals surface area contributed by atoms with E-state index in [0.717, 1.165) is 5.56 Å². The van der Waals surface area contributed by atoms with Gasteiger partial charge in [-0.05, 0) is 17.7 Å². The molecule has 1 heterocycles. The van der Waals surface area contributed by atoms with Gasteiger partial charge in [0.2, 0.25) is 0 Å². The van der Waals surface area contributed by atoms with Crippen LogP contribution in [0.5, 0.6) is 0 Å². The number of aromatic amines is 1. The fourth-order valence-corrected chi connectivity index (χ4v) is 1.46. The maximum atomic E-state index is 11.4. The molecular weight excluding hydrogens is 208 g/mol. The van der Waals surface area contributed by atoms with E-state index in [1.807, 2.05) is 0 Å². The Morgan fingerprint density at radius 3 is 3.06 bits per heavy atom. The molecule has 0 saturated heterocycles. The van der Waals surface area contributed by atoms with Crippen LogP contribution in [0, 0.1) is 0 Å².